The number of benzene rings is 2. The van der Waals surface area contributed by atoms with Gasteiger partial charge in [0.1, 0.15) is 0 Å². The van der Waals surface area contributed by atoms with Crippen molar-refractivity contribution >= 4 is 5.91 Å². The van der Waals surface area contributed by atoms with Crippen LogP contribution in [-0.4, -0.2) is 56.1 Å². The van der Waals surface area contributed by atoms with Crippen molar-refractivity contribution in [3.05, 3.63) is 59.7 Å². The van der Waals surface area contributed by atoms with Crippen LogP contribution < -0.4 is 9.47 Å². The molecule has 0 aromatic heterocycles. The quantitative estimate of drug-likeness (QED) is 0.700. The van der Waals surface area contributed by atoms with Gasteiger partial charge in [0.25, 0.3) is 0 Å². The first-order valence-corrected chi connectivity index (χ1v) is 10.9. The third-order valence-corrected chi connectivity index (χ3v) is 6.66. The van der Waals surface area contributed by atoms with Crippen LogP contribution in [0.25, 0.3) is 0 Å². The minimum absolute atomic E-state index is 0.221. The molecule has 0 saturated carbocycles. The molecule has 4 rings (SSSR count). The molecule has 1 amide bonds. The third kappa shape index (κ3) is 4.17. The molecule has 2 aliphatic rings. The lowest BCUT2D eigenvalue weighted by Gasteiger charge is -2.39. The van der Waals surface area contributed by atoms with Crippen LogP contribution in [0.15, 0.2) is 48.5 Å². The first-order valence-electron chi connectivity index (χ1n) is 10.9. The number of rotatable bonds is 7. The number of amides is 1. The summed E-state index contributed by atoms with van der Waals surface area (Å²) in [4.78, 5) is 18.1. The number of nitrogens with zero attached hydrogens (tertiary/aromatic N) is 2. The minimum Gasteiger partial charge on any atom is -0.493 e. The lowest BCUT2D eigenvalue weighted by atomic mass is 9.78. The summed E-state index contributed by atoms with van der Waals surface area (Å²) in [7, 11) is 3.30. The van der Waals surface area contributed by atoms with Gasteiger partial charge in [-0.1, -0.05) is 42.5 Å². The van der Waals surface area contributed by atoms with Gasteiger partial charge in [-0.3, -0.25) is 4.79 Å². The van der Waals surface area contributed by atoms with Crippen LogP contribution in [-0.2, 0) is 17.8 Å². The van der Waals surface area contributed by atoms with E-state index in [0.29, 0.717) is 18.2 Å². The average molecular weight is 409 g/mol. The molecular formula is C25H32N2O3. The highest BCUT2D eigenvalue weighted by Gasteiger charge is 2.48. The summed E-state index contributed by atoms with van der Waals surface area (Å²) in [6.07, 6.45) is 4.06. The van der Waals surface area contributed by atoms with Gasteiger partial charge < -0.3 is 19.3 Å². The number of likely N-dealkylation sites (tertiary alicyclic amines) is 2. The van der Waals surface area contributed by atoms with Crippen molar-refractivity contribution in [2.75, 3.05) is 40.4 Å². The number of para-hydroxylation sites is 1. The number of piperidine rings is 1. The Morgan fingerprint density at radius 2 is 1.80 bits per heavy atom. The molecule has 1 unspecified atom stereocenters. The molecule has 160 valence electrons. The molecule has 30 heavy (non-hydrogen) atoms. The maximum Gasteiger partial charge on any atom is 0.230 e. The van der Waals surface area contributed by atoms with Crippen LogP contribution in [0, 0.1) is 5.41 Å². The first-order chi connectivity index (χ1) is 14.6. The molecular weight excluding hydrogens is 376 g/mol. The lowest BCUT2D eigenvalue weighted by molar-refractivity contribution is -0.146. The van der Waals surface area contributed by atoms with E-state index >= 15 is 0 Å². The van der Waals surface area contributed by atoms with Gasteiger partial charge in [0, 0.05) is 31.7 Å². The average Bonchev–Trinajstić information content (AvgIpc) is 3.20. The Balaban J connectivity index is 1.42. The monoisotopic (exact) mass is 408 g/mol. The largest absolute Gasteiger partial charge is 0.493 e. The summed E-state index contributed by atoms with van der Waals surface area (Å²) in [6.45, 7) is 4.29. The van der Waals surface area contributed by atoms with E-state index in [-0.39, 0.29) is 5.41 Å². The zero-order chi connectivity index (χ0) is 21.0. The van der Waals surface area contributed by atoms with Crippen LogP contribution in [0.5, 0.6) is 11.5 Å². The van der Waals surface area contributed by atoms with Crippen LogP contribution in [0.2, 0.25) is 0 Å². The fourth-order valence-corrected chi connectivity index (χ4v) is 5.05. The van der Waals surface area contributed by atoms with Crippen molar-refractivity contribution in [3.63, 3.8) is 0 Å². The summed E-state index contributed by atoms with van der Waals surface area (Å²) < 4.78 is 11.0. The SMILES string of the molecule is COc1cccc(CN2CCCC3(CCN(CCc4ccccc4)C3)C2=O)c1OC. The maximum atomic E-state index is 13.6. The Kier molecular flexibility index (Phi) is 6.28. The highest BCUT2D eigenvalue weighted by molar-refractivity contribution is 5.84. The van der Waals surface area contributed by atoms with Crippen molar-refractivity contribution in [1.82, 2.24) is 9.80 Å². The maximum absolute atomic E-state index is 13.6. The molecule has 1 atom stereocenters. The van der Waals surface area contributed by atoms with Crippen LogP contribution >= 0.6 is 0 Å². The van der Waals surface area contributed by atoms with Gasteiger partial charge in [0.15, 0.2) is 11.5 Å². The molecule has 2 aromatic rings. The summed E-state index contributed by atoms with van der Waals surface area (Å²) >= 11 is 0. The Morgan fingerprint density at radius 1 is 0.967 bits per heavy atom. The molecule has 2 heterocycles. The second kappa shape index (κ2) is 9.09. The Bertz CT molecular complexity index is 870. The standard InChI is InChI=1S/C25H32N2O3/c1-29-22-11-6-10-21(23(22)30-2)18-27-15-7-13-25(24(27)28)14-17-26(19-25)16-12-20-8-4-3-5-9-20/h3-6,8-11H,7,12-19H2,1-2H3. The van der Waals surface area contributed by atoms with E-state index in [4.69, 9.17) is 9.47 Å². The molecule has 5 nitrogen and oxygen atoms in total. The van der Waals surface area contributed by atoms with E-state index in [1.165, 1.54) is 5.56 Å². The van der Waals surface area contributed by atoms with E-state index in [1.54, 1.807) is 14.2 Å². The smallest absolute Gasteiger partial charge is 0.230 e. The van der Waals surface area contributed by atoms with Crippen molar-refractivity contribution in [3.8, 4) is 11.5 Å². The van der Waals surface area contributed by atoms with Gasteiger partial charge in [-0.25, -0.2) is 0 Å². The van der Waals surface area contributed by atoms with E-state index in [9.17, 15) is 4.79 Å². The van der Waals surface area contributed by atoms with E-state index in [0.717, 1.165) is 63.2 Å². The van der Waals surface area contributed by atoms with Gasteiger partial charge in [0.2, 0.25) is 5.91 Å². The lowest BCUT2D eigenvalue weighted by Crippen LogP contribution is -2.49. The summed E-state index contributed by atoms with van der Waals surface area (Å²) in [6, 6.07) is 16.5. The van der Waals surface area contributed by atoms with E-state index in [2.05, 4.69) is 35.2 Å². The van der Waals surface area contributed by atoms with Crippen molar-refractivity contribution < 1.29 is 14.3 Å². The normalized spacial score (nSPS) is 21.9. The molecule has 0 N–H and O–H groups in total. The molecule has 0 radical (unpaired) electrons. The predicted molar refractivity (Wildman–Crippen MR) is 118 cm³/mol. The predicted octanol–water partition coefficient (Wildman–Crippen LogP) is 3.76. The molecule has 2 aliphatic heterocycles. The van der Waals surface area contributed by atoms with E-state index < -0.39 is 0 Å². The molecule has 0 aliphatic carbocycles. The summed E-state index contributed by atoms with van der Waals surface area (Å²) in [5.41, 5.74) is 2.14. The number of carbonyl (C=O) groups excluding carboxylic acids is 1. The van der Waals surface area contributed by atoms with Crippen molar-refractivity contribution in [1.29, 1.82) is 0 Å². The molecule has 2 fully saturated rings. The Labute approximate surface area is 179 Å². The molecule has 0 bridgehead atoms. The number of ether oxygens (including phenoxy) is 2. The van der Waals surface area contributed by atoms with Gasteiger partial charge in [0.05, 0.1) is 19.6 Å². The number of hydrogen-bond donors (Lipinski definition) is 0. The van der Waals surface area contributed by atoms with E-state index in [1.807, 2.05) is 23.1 Å². The summed E-state index contributed by atoms with van der Waals surface area (Å²) in [5, 5.41) is 0. The second-order valence-corrected chi connectivity index (χ2v) is 8.52. The fourth-order valence-electron chi connectivity index (χ4n) is 5.05. The van der Waals surface area contributed by atoms with Gasteiger partial charge in [-0.05, 0) is 43.9 Å². The highest BCUT2D eigenvalue weighted by atomic mass is 16.5. The van der Waals surface area contributed by atoms with Crippen LogP contribution in [0.3, 0.4) is 0 Å². The molecule has 1 spiro atoms. The second-order valence-electron chi connectivity index (χ2n) is 8.52. The minimum atomic E-state index is -0.221. The molecule has 2 aromatic carbocycles. The Hall–Kier alpha value is -2.53. The first kappa shape index (κ1) is 20.7. The van der Waals surface area contributed by atoms with Crippen LogP contribution in [0.4, 0.5) is 0 Å². The third-order valence-electron chi connectivity index (χ3n) is 6.66. The fraction of sp³-hybridized carbons (Fsp3) is 0.480. The van der Waals surface area contributed by atoms with Gasteiger partial charge in [-0.15, -0.1) is 0 Å². The van der Waals surface area contributed by atoms with Gasteiger partial charge in [-0.2, -0.15) is 0 Å². The van der Waals surface area contributed by atoms with Crippen molar-refractivity contribution in [2.24, 2.45) is 5.41 Å². The number of hydrogen-bond acceptors (Lipinski definition) is 4. The van der Waals surface area contributed by atoms with Crippen molar-refractivity contribution in [2.45, 2.75) is 32.2 Å². The number of methoxy groups -OCH3 is 2. The highest BCUT2D eigenvalue weighted by Crippen LogP contribution is 2.41. The zero-order valence-corrected chi connectivity index (χ0v) is 18.1. The molecule has 2 saturated heterocycles. The zero-order valence-electron chi connectivity index (χ0n) is 18.1. The van der Waals surface area contributed by atoms with Crippen LogP contribution in [0.1, 0.15) is 30.4 Å². The van der Waals surface area contributed by atoms with Gasteiger partial charge >= 0.3 is 0 Å². The molecule has 5 heteroatoms. The summed E-state index contributed by atoms with van der Waals surface area (Å²) in [5.74, 6) is 1.74. The topological polar surface area (TPSA) is 42.0 Å². The number of carbonyl (C=O) groups is 1. The Morgan fingerprint density at radius 3 is 2.57 bits per heavy atom.